The molecule has 0 aromatic heterocycles. The molecule has 0 spiro atoms. The topological polar surface area (TPSA) is 12.0 Å². The monoisotopic (exact) mass is 371 g/mol. The Balaban J connectivity index is 1.92. The summed E-state index contributed by atoms with van der Waals surface area (Å²) >= 11 is 0. The van der Waals surface area contributed by atoms with E-state index in [2.05, 4.69) is 52.1 Å². The molecule has 1 aliphatic heterocycles. The Morgan fingerprint density at radius 2 is 1.81 bits per heavy atom. The van der Waals surface area contributed by atoms with Crippen molar-refractivity contribution in [3.8, 4) is 0 Å². The third kappa shape index (κ3) is 5.02. The van der Waals surface area contributed by atoms with Gasteiger partial charge in [-0.25, -0.2) is 4.39 Å². The zero-order valence-electron chi connectivity index (χ0n) is 18.0. The molecule has 2 heteroatoms. The SMILES string of the molecule is CCCCC1CC(c2cccc(F)c2C2CC(C)(C)CC(C)(C)C2)=CCN1. The average Bonchev–Trinajstić information content (AvgIpc) is 2.57. The van der Waals surface area contributed by atoms with Crippen LogP contribution >= 0.6 is 0 Å². The molecule has 0 radical (unpaired) electrons. The van der Waals surface area contributed by atoms with Crippen molar-refractivity contribution in [2.45, 2.75) is 91.5 Å². The predicted molar refractivity (Wildman–Crippen MR) is 114 cm³/mol. The Morgan fingerprint density at radius 3 is 2.48 bits per heavy atom. The molecule has 1 heterocycles. The molecule has 0 amide bonds. The van der Waals surface area contributed by atoms with E-state index in [1.165, 1.54) is 36.8 Å². The largest absolute Gasteiger partial charge is 0.310 e. The molecule has 150 valence electrons. The Labute approximate surface area is 165 Å². The van der Waals surface area contributed by atoms with Crippen LogP contribution in [0.2, 0.25) is 0 Å². The van der Waals surface area contributed by atoms with Crippen molar-refractivity contribution in [1.29, 1.82) is 0 Å². The highest BCUT2D eigenvalue weighted by atomic mass is 19.1. The van der Waals surface area contributed by atoms with Crippen LogP contribution in [0.25, 0.3) is 5.57 Å². The van der Waals surface area contributed by atoms with Crippen LogP contribution in [0, 0.1) is 16.6 Å². The van der Waals surface area contributed by atoms with Gasteiger partial charge < -0.3 is 5.32 Å². The number of unbranched alkanes of at least 4 members (excludes halogenated alkanes) is 1. The number of halogens is 1. The van der Waals surface area contributed by atoms with Gasteiger partial charge in [0, 0.05) is 12.6 Å². The van der Waals surface area contributed by atoms with Crippen LogP contribution in [0.3, 0.4) is 0 Å². The Morgan fingerprint density at radius 1 is 1.11 bits per heavy atom. The molecule has 2 aliphatic rings. The zero-order valence-corrected chi connectivity index (χ0v) is 18.0. The Bertz CT molecular complexity index is 670. The number of hydrogen-bond donors (Lipinski definition) is 1. The fraction of sp³-hybridized carbons (Fsp3) is 0.680. The summed E-state index contributed by atoms with van der Waals surface area (Å²) in [5.74, 6) is 0.306. The van der Waals surface area contributed by atoms with Gasteiger partial charge in [-0.15, -0.1) is 0 Å². The lowest BCUT2D eigenvalue weighted by atomic mass is 9.59. The molecular formula is C25H38FN. The van der Waals surface area contributed by atoms with E-state index in [0.717, 1.165) is 31.4 Å². The van der Waals surface area contributed by atoms with Crippen LogP contribution in [0.15, 0.2) is 24.3 Å². The van der Waals surface area contributed by atoms with E-state index in [0.29, 0.717) is 12.0 Å². The van der Waals surface area contributed by atoms with E-state index in [9.17, 15) is 0 Å². The number of benzene rings is 1. The van der Waals surface area contributed by atoms with Crippen LogP contribution in [0.1, 0.15) is 96.6 Å². The molecule has 1 N–H and O–H groups in total. The van der Waals surface area contributed by atoms with Crippen LogP contribution in [-0.2, 0) is 0 Å². The van der Waals surface area contributed by atoms with Gasteiger partial charge in [0.05, 0.1) is 0 Å². The Kier molecular flexibility index (Phi) is 6.15. The van der Waals surface area contributed by atoms with E-state index in [-0.39, 0.29) is 16.6 Å². The second-order valence-corrected chi connectivity index (χ2v) is 10.5. The van der Waals surface area contributed by atoms with Crippen molar-refractivity contribution in [2.24, 2.45) is 10.8 Å². The minimum absolute atomic E-state index is 0.00413. The summed E-state index contributed by atoms with van der Waals surface area (Å²) < 4.78 is 15.2. The maximum Gasteiger partial charge on any atom is 0.127 e. The average molecular weight is 372 g/mol. The van der Waals surface area contributed by atoms with E-state index < -0.39 is 0 Å². The highest BCUT2D eigenvalue weighted by Gasteiger charge is 2.40. The minimum Gasteiger partial charge on any atom is -0.310 e. The minimum atomic E-state index is -0.00413. The van der Waals surface area contributed by atoms with Crippen molar-refractivity contribution < 1.29 is 4.39 Å². The van der Waals surface area contributed by atoms with Crippen LogP contribution in [0.4, 0.5) is 4.39 Å². The molecule has 1 atom stereocenters. The van der Waals surface area contributed by atoms with Gasteiger partial charge in [-0.2, -0.15) is 0 Å². The predicted octanol–water partition coefficient (Wildman–Crippen LogP) is 7.08. The summed E-state index contributed by atoms with van der Waals surface area (Å²) in [6.45, 7) is 12.6. The van der Waals surface area contributed by atoms with Crippen molar-refractivity contribution in [3.63, 3.8) is 0 Å². The number of rotatable bonds is 5. The van der Waals surface area contributed by atoms with Gasteiger partial charge in [0.15, 0.2) is 0 Å². The summed E-state index contributed by atoms with van der Waals surface area (Å²) in [7, 11) is 0. The quantitative estimate of drug-likeness (QED) is 0.583. The third-order valence-corrected chi connectivity index (χ3v) is 6.49. The molecule has 0 saturated heterocycles. The van der Waals surface area contributed by atoms with Crippen molar-refractivity contribution in [1.82, 2.24) is 5.32 Å². The van der Waals surface area contributed by atoms with Gasteiger partial charge in [-0.3, -0.25) is 0 Å². The van der Waals surface area contributed by atoms with Gasteiger partial charge >= 0.3 is 0 Å². The smallest absolute Gasteiger partial charge is 0.127 e. The van der Waals surface area contributed by atoms with Crippen LogP contribution in [0.5, 0.6) is 0 Å². The molecule has 1 aromatic rings. The maximum atomic E-state index is 15.2. The van der Waals surface area contributed by atoms with Gasteiger partial charge in [-0.1, -0.05) is 65.7 Å². The molecule has 1 fully saturated rings. The lowest BCUT2D eigenvalue weighted by Crippen LogP contribution is -2.34. The molecule has 1 aliphatic carbocycles. The van der Waals surface area contributed by atoms with Crippen molar-refractivity contribution in [3.05, 3.63) is 41.2 Å². The highest BCUT2D eigenvalue weighted by Crippen LogP contribution is 2.53. The van der Waals surface area contributed by atoms with Crippen LogP contribution in [-0.4, -0.2) is 12.6 Å². The first kappa shape index (κ1) is 20.6. The molecule has 1 unspecified atom stereocenters. The molecule has 27 heavy (non-hydrogen) atoms. The fourth-order valence-electron chi connectivity index (χ4n) is 5.93. The fourth-order valence-corrected chi connectivity index (χ4v) is 5.93. The molecule has 1 aromatic carbocycles. The summed E-state index contributed by atoms with van der Waals surface area (Å²) in [4.78, 5) is 0. The van der Waals surface area contributed by atoms with Gasteiger partial charge in [-0.05, 0) is 71.6 Å². The highest BCUT2D eigenvalue weighted by molar-refractivity contribution is 5.70. The maximum absolute atomic E-state index is 15.2. The van der Waals surface area contributed by atoms with Gasteiger partial charge in [0.1, 0.15) is 5.82 Å². The second-order valence-electron chi connectivity index (χ2n) is 10.5. The molecule has 1 nitrogen and oxygen atoms in total. The van der Waals surface area contributed by atoms with Crippen molar-refractivity contribution in [2.75, 3.05) is 6.54 Å². The van der Waals surface area contributed by atoms with Crippen molar-refractivity contribution >= 4 is 5.57 Å². The van der Waals surface area contributed by atoms with Crippen LogP contribution < -0.4 is 5.32 Å². The van der Waals surface area contributed by atoms with Gasteiger partial charge in [0.2, 0.25) is 0 Å². The van der Waals surface area contributed by atoms with Gasteiger partial charge in [0.25, 0.3) is 0 Å². The first-order chi connectivity index (χ1) is 12.7. The zero-order chi connectivity index (χ0) is 19.7. The number of hydrogen-bond acceptors (Lipinski definition) is 1. The lowest BCUT2D eigenvalue weighted by molar-refractivity contribution is 0.0956. The van der Waals surface area contributed by atoms with E-state index in [1.807, 2.05) is 6.07 Å². The first-order valence-corrected chi connectivity index (χ1v) is 10.9. The standard InChI is InChI=1S/C25H38FN/c1-6-7-9-20-14-18(12-13-27-20)21-10-8-11-22(26)23(21)19-15-24(2,3)17-25(4,5)16-19/h8,10-12,19-20,27H,6-7,9,13-17H2,1-5H3. The molecular weight excluding hydrogens is 333 g/mol. The second kappa shape index (κ2) is 8.07. The van der Waals surface area contributed by atoms with E-state index in [4.69, 9.17) is 0 Å². The summed E-state index contributed by atoms with van der Waals surface area (Å²) in [6.07, 6.45) is 10.4. The lowest BCUT2D eigenvalue weighted by Gasteiger charge is -2.45. The van der Waals surface area contributed by atoms with E-state index >= 15 is 4.39 Å². The summed E-state index contributed by atoms with van der Waals surface area (Å²) in [6, 6.07) is 6.27. The first-order valence-electron chi connectivity index (χ1n) is 10.9. The number of nitrogens with one attached hydrogen (secondary N) is 1. The summed E-state index contributed by atoms with van der Waals surface area (Å²) in [5.41, 5.74) is 4.04. The van der Waals surface area contributed by atoms with E-state index in [1.54, 1.807) is 6.07 Å². The molecule has 0 bridgehead atoms. The third-order valence-electron chi connectivity index (χ3n) is 6.49. The molecule has 1 saturated carbocycles. The molecule has 3 rings (SSSR count). The summed E-state index contributed by atoms with van der Waals surface area (Å²) in [5, 5.41) is 3.62. The Hall–Kier alpha value is -1.15. The normalized spacial score (nSPS) is 25.3.